The minimum Gasteiger partial charge on any atom is -0.334 e. The van der Waals surface area contributed by atoms with Crippen LogP contribution in [0.5, 0.6) is 0 Å². The second-order valence-corrected chi connectivity index (χ2v) is 7.97. The topological polar surface area (TPSA) is 92.5 Å². The number of anilines is 1. The summed E-state index contributed by atoms with van der Waals surface area (Å²) in [5.74, 6) is -2.62. The van der Waals surface area contributed by atoms with Gasteiger partial charge in [0.15, 0.2) is 11.6 Å². The molecular weight excluding hydrogens is 376 g/mol. The Morgan fingerprint density at radius 1 is 1.19 bits per heavy atom. The highest BCUT2D eigenvalue weighted by molar-refractivity contribution is 7.92. The van der Waals surface area contributed by atoms with Crippen LogP contribution in [0.4, 0.5) is 14.5 Å². The molecule has 1 amide bonds. The molecule has 0 spiro atoms. The van der Waals surface area contributed by atoms with Gasteiger partial charge in [-0.25, -0.2) is 17.2 Å². The number of benzene rings is 2. The Labute approximate surface area is 156 Å². The summed E-state index contributed by atoms with van der Waals surface area (Å²) in [6.07, 6.45) is 1.71. The summed E-state index contributed by atoms with van der Waals surface area (Å²) in [5.41, 5.74) is 6.17. The van der Waals surface area contributed by atoms with Gasteiger partial charge in [0.05, 0.1) is 4.90 Å². The number of hydrogen-bond donors (Lipinski definition) is 2. The lowest BCUT2D eigenvalue weighted by Gasteiger charge is -2.23. The van der Waals surface area contributed by atoms with Crippen molar-refractivity contribution in [3.8, 4) is 0 Å². The Bertz CT molecular complexity index is 966. The highest BCUT2D eigenvalue weighted by Gasteiger charge is 2.28. The molecule has 6 nitrogen and oxygen atoms in total. The maximum absolute atomic E-state index is 13.3. The van der Waals surface area contributed by atoms with Crippen LogP contribution in [0.3, 0.4) is 0 Å². The number of sulfonamides is 1. The van der Waals surface area contributed by atoms with Crippen LogP contribution in [0.25, 0.3) is 0 Å². The van der Waals surface area contributed by atoms with Crippen molar-refractivity contribution in [3.05, 3.63) is 59.7 Å². The summed E-state index contributed by atoms with van der Waals surface area (Å²) in [6.45, 7) is 0.972. The van der Waals surface area contributed by atoms with E-state index in [1.807, 2.05) is 0 Å². The number of nitrogens with zero attached hydrogens (tertiary/aromatic N) is 1. The van der Waals surface area contributed by atoms with E-state index in [1.165, 1.54) is 12.1 Å². The number of halogens is 2. The van der Waals surface area contributed by atoms with Crippen LogP contribution in [0.15, 0.2) is 47.4 Å². The molecule has 1 heterocycles. The molecule has 0 saturated carbocycles. The SMILES string of the molecule is NCC1CCCN1C(=O)c1cccc(NS(=O)(=O)c2ccc(F)c(F)c2)c1. The van der Waals surface area contributed by atoms with Crippen LogP contribution in [0, 0.1) is 11.6 Å². The molecule has 0 bridgehead atoms. The summed E-state index contributed by atoms with van der Waals surface area (Å²) in [5, 5.41) is 0. The van der Waals surface area contributed by atoms with E-state index >= 15 is 0 Å². The van der Waals surface area contributed by atoms with E-state index in [4.69, 9.17) is 5.73 Å². The van der Waals surface area contributed by atoms with Crippen molar-refractivity contribution in [2.45, 2.75) is 23.8 Å². The van der Waals surface area contributed by atoms with Crippen molar-refractivity contribution < 1.29 is 22.0 Å². The molecule has 27 heavy (non-hydrogen) atoms. The lowest BCUT2D eigenvalue weighted by Crippen LogP contribution is -2.39. The fourth-order valence-corrected chi connectivity index (χ4v) is 4.15. The van der Waals surface area contributed by atoms with E-state index in [1.54, 1.807) is 17.0 Å². The molecule has 0 aromatic heterocycles. The van der Waals surface area contributed by atoms with Gasteiger partial charge in [0.1, 0.15) is 0 Å². The van der Waals surface area contributed by atoms with Gasteiger partial charge in [0.25, 0.3) is 15.9 Å². The maximum Gasteiger partial charge on any atom is 0.261 e. The average molecular weight is 395 g/mol. The lowest BCUT2D eigenvalue weighted by molar-refractivity contribution is 0.0741. The first-order valence-corrected chi connectivity index (χ1v) is 9.89. The van der Waals surface area contributed by atoms with Crippen LogP contribution < -0.4 is 10.5 Å². The first-order chi connectivity index (χ1) is 12.8. The minimum absolute atomic E-state index is 0.0277. The number of rotatable bonds is 5. The third kappa shape index (κ3) is 4.09. The molecule has 1 aliphatic heterocycles. The summed E-state index contributed by atoms with van der Waals surface area (Å²) in [6, 6.07) is 8.29. The molecule has 2 aromatic rings. The highest BCUT2D eigenvalue weighted by atomic mass is 32.2. The quantitative estimate of drug-likeness (QED) is 0.813. The maximum atomic E-state index is 13.3. The zero-order chi connectivity index (χ0) is 19.6. The van der Waals surface area contributed by atoms with Crippen LogP contribution in [0.1, 0.15) is 23.2 Å². The van der Waals surface area contributed by atoms with E-state index in [-0.39, 0.29) is 17.6 Å². The van der Waals surface area contributed by atoms with Gasteiger partial charge in [0.2, 0.25) is 0 Å². The summed E-state index contributed by atoms with van der Waals surface area (Å²) < 4.78 is 53.4. The van der Waals surface area contributed by atoms with Gasteiger partial charge in [-0.05, 0) is 49.2 Å². The molecule has 3 rings (SSSR count). The number of nitrogens with one attached hydrogen (secondary N) is 1. The number of nitrogens with two attached hydrogens (primary N) is 1. The fourth-order valence-electron chi connectivity index (χ4n) is 3.09. The predicted molar refractivity (Wildman–Crippen MR) is 96.7 cm³/mol. The molecule has 1 unspecified atom stereocenters. The minimum atomic E-state index is -4.13. The van der Waals surface area contributed by atoms with Gasteiger partial charge < -0.3 is 10.6 Å². The highest BCUT2D eigenvalue weighted by Crippen LogP contribution is 2.23. The van der Waals surface area contributed by atoms with Crippen LogP contribution in [-0.4, -0.2) is 38.4 Å². The number of hydrogen-bond acceptors (Lipinski definition) is 4. The molecule has 0 radical (unpaired) electrons. The standard InChI is InChI=1S/C18H19F2N3O3S/c19-16-7-6-15(10-17(16)20)27(25,26)22-13-4-1-3-12(9-13)18(24)23-8-2-5-14(23)11-21/h1,3-4,6-7,9-10,14,22H,2,5,8,11,21H2. The molecule has 1 aliphatic rings. The Morgan fingerprint density at radius 3 is 2.67 bits per heavy atom. The smallest absolute Gasteiger partial charge is 0.261 e. The van der Waals surface area contributed by atoms with Crippen molar-refractivity contribution >= 4 is 21.6 Å². The molecule has 1 fully saturated rings. The van der Waals surface area contributed by atoms with E-state index in [0.29, 0.717) is 24.7 Å². The third-order valence-electron chi connectivity index (χ3n) is 4.47. The van der Waals surface area contributed by atoms with Crippen molar-refractivity contribution in [1.29, 1.82) is 0 Å². The second-order valence-electron chi connectivity index (χ2n) is 6.29. The van der Waals surface area contributed by atoms with Gasteiger partial charge in [-0.15, -0.1) is 0 Å². The van der Waals surface area contributed by atoms with Crippen LogP contribution >= 0.6 is 0 Å². The molecule has 144 valence electrons. The zero-order valence-electron chi connectivity index (χ0n) is 14.4. The zero-order valence-corrected chi connectivity index (χ0v) is 15.2. The Kier molecular flexibility index (Phi) is 5.43. The Balaban J connectivity index is 1.83. The van der Waals surface area contributed by atoms with E-state index < -0.39 is 26.6 Å². The Hall–Kier alpha value is -2.52. The van der Waals surface area contributed by atoms with E-state index in [9.17, 15) is 22.0 Å². The van der Waals surface area contributed by atoms with Crippen molar-refractivity contribution in [2.24, 2.45) is 5.73 Å². The van der Waals surface area contributed by atoms with Gasteiger partial charge in [-0.1, -0.05) is 6.07 Å². The largest absolute Gasteiger partial charge is 0.334 e. The molecule has 1 atom stereocenters. The molecule has 3 N–H and O–H groups in total. The average Bonchev–Trinajstić information content (AvgIpc) is 3.12. The van der Waals surface area contributed by atoms with Crippen LogP contribution in [-0.2, 0) is 10.0 Å². The van der Waals surface area contributed by atoms with Crippen molar-refractivity contribution in [3.63, 3.8) is 0 Å². The third-order valence-corrected chi connectivity index (χ3v) is 5.85. The molecule has 1 saturated heterocycles. The van der Waals surface area contributed by atoms with Crippen LogP contribution in [0.2, 0.25) is 0 Å². The lowest BCUT2D eigenvalue weighted by atomic mass is 10.1. The van der Waals surface area contributed by atoms with Gasteiger partial charge in [-0.3, -0.25) is 9.52 Å². The Morgan fingerprint density at radius 2 is 1.96 bits per heavy atom. The monoisotopic (exact) mass is 395 g/mol. The normalized spacial score (nSPS) is 17.1. The molecular formula is C18H19F2N3O3S. The van der Waals surface area contributed by atoms with Crippen molar-refractivity contribution in [2.75, 3.05) is 17.8 Å². The van der Waals surface area contributed by atoms with Gasteiger partial charge in [0, 0.05) is 30.4 Å². The number of carbonyl (C=O) groups is 1. The summed E-state index contributed by atoms with van der Waals surface area (Å²) >= 11 is 0. The second kappa shape index (κ2) is 7.61. The molecule has 0 aliphatic carbocycles. The predicted octanol–water partition coefficient (Wildman–Crippen LogP) is 2.33. The van der Waals surface area contributed by atoms with E-state index in [0.717, 1.165) is 25.0 Å². The van der Waals surface area contributed by atoms with Gasteiger partial charge in [-0.2, -0.15) is 0 Å². The van der Waals surface area contributed by atoms with E-state index in [2.05, 4.69) is 4.72 Å². The summed E-state index contributed by atoms with van der Waals surface area (Å²) in [7, 11) is -4.13. The number of amides is 1. The molecule has 2 aromatic carbocycles. The number of carbonyl (C=O) groups excluding carboxylic acids is 1. The first kappa shape index (κ1) is 19.2. The van der Waals surface area contributed by atoms with Crippen molar-refractivity contribution in [1.82, 2.24) is 4.90 Å². The first-order valence-electron chi connectivity index (χ1n) is 8.41. The summed E-state index contributed by atoms with van der Waals surface area (Å²) in [4.78, 5) is 14.0. The fraction of sp³-hybridized carbons (Fsp3) is 0.278. The van der Waals surface area contributed by atoms with Gasteiger partial charge >= 0.3 is 0 Å². The number of likely N-dealkylation sites (tertiary alicyclic amines) is 1. The molecule has 9 heteroatoms.